The van der Waals surface area contributed by atoms with Crippen LogP contribution in [0.15, 0.2) is 42.5 Å². The van der Waals surface area contributed by atoms with Crippen LogP contribution in [0.25, 0.3) is 0 Å². The molecule has 0 spiro atoms. The minimum Gasteiger partial charge on any atom is -0.357 e. The maximum absolute atomic E-state index is 13.5. The van der Waals surface area contributed by atoms with E-state index in [4.69, 9.17) is 23.2 Å². The van der Waals surface area contributed by atoms with Gasteiger partial charge in [0.2, 0.25) is 21.8 Å². The van der Waals surface area contributed by atoms with E-state index in [1.165, 1.54) is 11.9 Å². The van der Waals surface area contributed by atoms with Gasteiger partial charge in [-0.1, -0.05) is 55.2 Å². The number of aryl methyl sites for hydroxylation is 1. The van der Waals surface area contributed by atoms with Gasteiger partial charge in [-0.2, -0.15) is 0 Å². The number of carbonyl (C=O) groups is 2. The summed E-state index contributed by atoms with van der Waals surface area (Å²) in [5.41, 5.74) is 1.89. The van der Waals surface area contributed by atoms with Gasteiger partial charge in [-0.25, -0.2) is 8.42 Å². The fourth-order valence-corrected chi connectivity index (χ4v) is 4.82. The molecule has 0 aliphatic carbocycles. The molecular weight excluding hydrogens is 485 g/mol. The number of nitrogens with one attached hydrogen (secondary N) is 1. The molecule has 10 heteroatoms. The molecule has 180 valence electrons. The largest absolute Gasteiger partial charge is 0.357 e. The highest BCUT2D eigenvalue weighted by Gasteiger charge is 2.32. The van der Waals surface area contributed by atoms with Gasteiger partial charge in [0.15, 0.2) is 0 Å². The van der Waals surface area contributed by atoms with Crippen LogP contribution in [0.4, 0.5) is 5.69 Å². The molecule has 2 aromatic carbocycles. The molecule has 2 amide bonds. The van der Waals surface area contributed by atoms with E-state index >= 15 is 0 Å². The van der Waals surface area contributed by atoms with Crippen LogP contribution in [-0.4, -0.2) is 51.0 Å². The van der Waals surface area contributed by atoms with Crippen molar-refractivity contribution in [3.63, 3.8) is 0 Å². The Labute approximate surface area is 205 Å². The predicted molar refractivity (Wildman–Crippen MR) is 133 cm³/mol. The molecule has 0 saturated heterocycles. The van der Waals surface area contributed by atoms with Crippen molar-refractivity contribution in [2.45, 2.75) is 39.3 Å². The minimum absolute atomic E-state index is 0.0460. The van der Waals surface area contributed by atoms with Crippen molar-refractivity contribution in [3.8, 4) is 0 Å². The van der Waals surface area contributed by atoms with Gasteiger partial charge in [0.1, 0.15) is 12.6 Å². The zero-order valence-electron chi connectivity index (χ0n) is 19.1. The third kappa shape index (κ3) is 6.85. The third-order valence-corrected chi connectivity index (χ3v) is 7.18. The van der Waals surface area contributed by atoms with Crippen LogP contribution >= 0.6 is 23.2 Å². The lowest BCUT2D eigenvalue weighted by molar-refractivity contribution is -0.140. The summed E-state index contributed by atoms with van der Waals surface area (Å²) in [6.07, 6.45) is 2.16. The number of halogens is 2. The van der Waals surface area contributed by atoms with Gasteiger partial charge in [-0.05, 0) is 42.7 Å². The number of benzene rings is 2. The quantitative estimate of drug-likeness (QED) is 0.522. The Morgan fingerprint density at radius 1 is 1.03 bits per heavy atom. The van der Waals surface area contributed by atoms with Crippen LogP contribution < -0.4 is 9.62 Å². The summed E-state index contributed by atoms with van der Waals surface area (Å²) in [6.45, 7) is 3.25. The molecule has 0 unspecified atom stereocenters. The van der Waals surface area contributed by atoms with E-state index in [9.17, 15) is 18.0 Å². The van der Waals surface area contributed by atoms with E-state index in [0.717, 1.165) is 22.5 Å². The molecule has 0 aromatic heterocycles. The highest BCUT2D eigenvalue weighted by atomic mass is 35.5. The molecular formula is C23H29Cl2N3O4S. The summed E-state index contributed by atoms with van der Waals surface area (Å²) in [7, 11) is -2.30. The van der Waals surface area contributed by atoms with Crippen molar-refractivity contribution in [2.75, 3.05) is 24.2 Å². The number of carbonyl (C=O) groups excluding carboxylic acids is 2. The molecule has 0 radical (unpaired) electrons. The Bertz CT molecular complexity index is 1070. The molecule has 0 fully saturated rings. The number of sulfonamides is 1. The summed E-state index contributed by atoms with van der Waals surface area (Å²) in [5, 5.41) is 3.26. The normalized spacial score (nSPS) is 12.2. The van der Waals surface area contributed by atoms with Crippen LogP contribution in [0.1, 0.15) is 31.4 Å². The summed E-state index contributed by atoms with van der Waals surface area (Å²) in [5.74, 6) is -0.918. The van der Waals surface area contributed by atoms with E-state index < -0.39 is 28.5 Å². The molecule has 33 heavy (non-hydrogen) atoms. The molecule has 2 rings (SSSR count). The first kappa shape index (κ1) is 27.0. The molecule has 0 saturated carbocycles. The van der Waals surface area contributed by atoms with Crippen molar-refractivity contribution in [2.24, 2.45) is 0 Å². The zero-order valence-corrected chi connectivity index (χ0v) is 21.5. The first-order valence-corrected chi connectivity index (χ1v) is 13.1. The van der Waals surface area contributed by atoms with Gasteiger partial charge in [-0.15, -0.1) is 0 Å². The molecule has 0 heterocycles. The van der Waals surface area contributed by atoms with E-state index in [1.807, 2.05) is 19.1 Å². The third-order valence-electron chi connectivity index (χ3n) is 5.33. The minimum atomic E-state index is -3.78. The highest BCUT2D eigenvalue weighted by Crippen LogP contribution is 2.27. The lowest BCUT2D eigenvalue weighted by Crippen LogP contribution is -2.51. The summed E-state index contributed by atoms with van der Waals surface area (Å²) < 4.78 is 26.2. The van der Waals surface area contributed by atoms with Gasteiger partial charge in [0.25, 0.3) is 0 Å². The Balaban J connectivity index is 2.47. The van der Waals surface area contributed by atoms with Crippen molar-refractivity contribution in [1.29, 1.82) is 0 Å². The van der Waals surface area contributed by atoms with E-state index in [-0.39, 0.29) is 12.5 Å². The van der Waals surface area contributed by atoms with Gasteiger partial charge < -0.3 is 10.2 Å². The van der Waals surface area contributed by atoms with Crippen LogP contribution in [-0.2, 0) is 32.6 Å². The molecule has 1 N–H and O–H groups in total. The summed E-state index contributed by atoms with van der Waals surface area (Å²) >= 11 is 12.6. The molecule has 7 nitrogen and oxygen atoms in total. The number of amides is 2. The molecule has 0 aliphatic rings. The number of hydrogen-bond acceptors (Lipinski definition) is 4. The number of anilines is 1. The number of likely N-dealkylation sites (N-methyl/N-ethyl adjacent to an activating group) is 1. The monoisotopic (exact) mass is 513 g/mol. The maximum atomic E-state index is 13.5. The molecule has 2 aromatic rings. The van der Waals surface area contributed by atoms with E-state index in [1.54, 1.807) is 37.3 Å². The van der Waals surface area contributed by atoms with Crippen LogP contribution in [0, 0.1) is 0 Å². The Hall–Kier alpha value is -2.29. The second-order valence-electron chi connectivity index (χ2n) is 7.55. The summed E-state index contributed by atoms with van der Waals surface area (Å²) in [6, 6.07) is 11.1. The average molecular weight is 514 g/mol. The average Bonchev–Trinajstić information content (AvgIpc) is 2.78. The van der Waals surface area contributed by atoms with Crippen LogP contribution in [0.3, 0.4) is 0 Å². The molecule has 0 bridgehead atoms. The highest BCUT2D eigenvalue weighted by molar-refractivity contribution is 7.92. The fraction of sp³-hybridized carbons (Fsp3) is 0.391. The number of rotatable bonds is 10. The topological polar surface area (TPSA) is 86.8 Å². The van der Waals surface area contributed by atoms with Gasteiger partial charge in [-0.3, -0.25) is 13.9 Å². The van der Waals surface area contributed by atoms with Crippen LogP contribution in [0.2, 0.25) is 10.0 Å². The van der Waals surface area contributed by atoms with Crippen LogP contribution in [0.5, 0.6) is 0 Å². The lowest BCUT2D eigenvalue weighted by Gasteiger charge is -2.33. The Kier molecular flexibility index (Phi) is 9.57. The van der Waals surface area contributed by atoms with Gasteiger partial charge >= 0.3 is 0 Å². The van der Waals surface area contributed by atoms with Crippen molar-refractivity contribution in [3.05, 3.63) is 63.6 Å². The number of nitrogens with zero attached hydrogens (tertiary/aromatic N) is 2. The van der Waals surface area contributed by atoms with E-state index in [0.29, 0.717) is 27.7 Å². The first-order valence-electron chi connectivity index (χ1n) is 10.5. The smallest absolute Gasteiger partial charge is 0.244 e. The van der Waals surface area contributed by atoms with Gasteiger partial charge in [0, 0.05) is 29.2 Å². The standard InChI is InChI=1S/C23H29Cl2N3O4S/c1-5-16-10-12-17(13-11-16)28(33(4,31)32)15-22(29)27(21(6-2)23(30)26-3)14-18-19(24)8-7-9-20(18)25/h7-13,21H,5-6,14-15H2,1-4H3,(H,26,30)/t21-/m0/s1. The number of hydrogen-bond donors (Lipinski definition) is 1. The SMILES string of the molecule is CCc1ccc(N(CC(=O)N(Cc2c(Cl)cccc2Cl)[C@@H](CC)C(=O)NC)S(C)(=O)=O)cc1. The second kappa shape index (κ2) is 11.7. The van der Waals surface area contributed by atoms with E-state index in [2.05, 4.69) is 5.32 Å². The van der Waals surface area contributed by atoms with Gasteiger partial charge in [0.05, 0.1) is 11.9 Å². The fourth-order valence-electron chi connectivity index (χ4n) is 3.45. The van der Waals surface area contributed by atoms with Crippen molar-refractivity contribution >= 4 is 50.7 Å². The zero-order chi connectivity index (χ0) is 24.8. The lowest BCUT2D eigenvalue weighted by atomic mass is 10.1. The second-order valence-corrected chi connectivity index (χ2v) is 10.3. The van der Waals surface area contributed by atoms with Crippen molar-refractivity contribution in [1.82, 2.24) is 10.2 Å². The predicted octanol–water partition coefficient (Wildman–Crippen LogP) is 3.88. The molecule has 0 aliphatic heterocycles. The Morgan fingerprint density at radius 2 is 1.61 bits per heavy atom. The first-order chi connectivity index (χ1) is 15.5. The Morgan fingerprint density at radius 3 is 2.06 bits per heavy atom. The summed E-state index contributed by atoms with van der Waals surface area (Å²) in [4.78, 5) is 27.4. The molecule has 1 atom stereocenters. The maximum Gasteiger partial charge on any atom is 0.244 e. The van der Waals surface area contributed by atoms with Crippen molar-refractivity contribution < 1.29 is 18.0 Å².